The van der Waals surface area contributed by atoms with Gasteiger partial charge in [-0.15, -0.1) is 0 Å². The summed E-state index contributed by atoms with van der Waals surface area (Å²) in [7, 11) is 0. The molecule has 0 aliphatic carbocycles. The van der Waals surface area contributed by atoms with E-state index in [1.165, 1.54) is 25.1 Å². The summed E-state index contributed by atoms with van der Waals surface area (Å²) in [5, 5.41) is 10.7. The van der Waals surface area contributed by atoms with Crippen LogP contribution in [0.1, 0.15) is 22.8 Å². The Labute approximate surface area is 112 Å². The number of carboxylic acids is 1. The number of carboxylic acid groups (broad SMARTS) is 1. The zero-order valence-corrected chi connectivity index (χ0v) is 10.7. The van der Waals surface area contributed by atoms with Crippen LogP contribution >= 0.6 is 0 Å². The van der Waals surface area contributed by atoms with Crippen molar-refractivity contribution in [2.45, 2.75) is 25.6 Å². The lowest BCUT2D eigenvalue weighted by Crippen LogP contribution is -2.55. The van der Waals surface area contributed by atoms with Crippen LogP contribution in [0, 0.1) is 6.92 Å². The number of carbonyl (C=O) groups is 2. The van der Waals surface area contributed by atoms with Gasteiger partial charge >= 0.3 is 12.1 Å². The second-order valence-corrected chi connectivity index (χ2v) is 4.45. The first-order chi connectivity index (χ1) is 8.99. The van der Waals surface area contributed by atoms with Gasteiger partial charge in [0, 0.05) is 11.3 Å². The summed E-state index contributed by atoms with van der Waals surface area (Å²) >= 11 is 0. The number of amides is 1. The average molecular weight is 290 g/mol. The third-order valence-corrected chi connectivity index (χ3v) is 2.88. The second kappa shape index (κ2) is 5.03. The van der Waals surface area contributed by atoms with Crippen LogP contribution in [0.2, 0.25) is 0 Å². The van der Waals surface area contributed by atoms with Crippen LogP contribution < -0.4 is 11.1 Å². The molecule has 0 aliphatic rings. The Morgan fingerprint density at radius 2 is 1.85 bits per heavy atom. The van der Waals surface area contributed by atoms with Crippen molar-refractivity contribution < 1.29 is 27.9 Å². The van der Waals surface area contributed by atoms with E-state index in [4.69, 9.17) is 10.8 Å². The quantitative estimate of drug-likeness (QED) is 0.789. The molecule has 0 spiro atoms. The van der Waals surface area contributed by atoms with E-state index < -0.39 is 23.6 Å². The van der Waals surface area contributed by atoms with Crippen molar-refractivity contribution in [1.29, 1.82) is 0 Å². The summed E-state index contributed by atoms with van der Waals surface area (Å²) in [6, 6.07) is 3.63. The summed E-state index contributed by atoms with van der Waals surface area (Å²) in [4.78, 5) is 21.9. The van der Waals surface area contributed by atoms with Gasteiger partial charge in [-0.2, -0.15) is 13.2 Å². The van der Waals surface area contributed by atoms with Gasteiger partial charge in [-0.05, 0) is 37.6 Å². The van der Waals surface area contributed by atoms with Gasteiger partial charge in [0.2, 0.25) is 11.4 Å². The summed E-state index contributed by atoms with van der Waals surface area (Å²) < 4.78 is 38.5. The van der Waals surface area contributed by atoms with Gasteiger partial charge in [-0.3, -0.25) is 4.79 Å². The van der Waals surface area contributed by atoms with Crippen molar-refractivity contribution in [3.05, 3.63) is 29.3 Å². The second-order valence-electron chi connectivity index (χ2n) is 4.45. The zero-order valence-electron chi connectivity index (χ0n) is 10.7. The van der Waals surface area contributed by atoms with Crippen LogP contribution in [0.15, 0.2) is 18.2 Å². The number of hydrogen-bond donors (Lipinski definition) is 3. The van der Waals surface area contributed by atoms with Crippen molar-refractivity contribution in [2.75, 3.05) is 5.32 Å². The first-order valence-corrected chi connectivity index (χ1v) is 5.48. The molecule has 4 N–H and O–H groups in total. The molecule has 20 heavy (non-hydrogen) atoms. The van der Waals surface area contributed by atoms with Crippen LogP contribution in [-0.2, 0) is 4.79 Å². The van der Waals surface area contributed by atoms with Crippen LogP contribution in [0.25, 0.3) is 0 Å². The summed E-state index contributed by atoms with van der Waals surface area (Å²) in [5.74, 6) is -2.77. The van der Waals surface area contributed by atoms with E-state index in [1.807, 2.05) is 5.32 Å². The topological polar surface area (TPSA) is 92.4 Å². The fraction of sp³-hybridized carbons (Fsp3) is 0.333. The smallest absolute Gasteiger partial charge is 0.422 e. The van der Waals surface area contributed by atoms with Gasteiger partial charge in [-0.25, -0.2) is 4.79 Å². The first-order valence-electron chi connectivity index (χ1n) is 5.48. The summed E-state index contributed by atoms with van der Waals surface area (Å²) in [6.45, 7) is 2.00. The van der Waals surface area contributed by atoms with Crippen molar-refractivity contribution in [2.24, 2.45) is 5.73 Å². The number of alkyl halides is 3. The third kappa shape index (κ3) is 2.84. The van der Waals surface area contributed by atoms with E-state index in [2.05, 4.69) is 0 Å². The number of rotatable bonds is 4. The molecule has 0 bridgehead atoms. The van der Waals surface area contributed by atoms with Gasteiger partial charge in [0.25, 0.3) is 0 Å². The molecule has 0 fully saturated rings. The maximum Gasteiger partial charge on any atom is 0.422 e. The van der Waals surface area contributed by atoms with E-state index >= 15 is 0 Å². The highest BCUT2D eigenvalue weighted by Gasteiger charge is 2.57. The molecule has 5 nitrogen and oxygen atoms in total. The number of benzene rings is 1. The first kappa shape index (κ1) is 15.8. The monoisotopic (exact) mass is 290 g/mol. The lowest BCUT2D eigenvalue weighted by atomic mass is 10.0. The molecule has 0 aromatic heterocycles. The van der Waals surface area contributed by atoms with Crippen molar-refractivity contribution in [1.82, 2.24) is 0 Å². The number of nitrogens with two attached hydrogens (primary N) is 1. The molecular weight excluding hydrogens is 277 g/mol. The number of halogens is 3. The molecule has 1 rings (SSSR count). The molecule has 1 amide bonds. The molecule has 0 radical (unpaired) electrons. The third-order valence-electron chi connectivity index (χ3n) is 2.88. The molecule has 0 heterocycles. The number of aryl methyl sites for hydroxylation is 1. The SMILES string of the molecule is Cc1cc(NC(C)(C(=O)O)C(F)(F)F)ccc1C(N)=O. The highest BCUT2D eigenvalue weighted by molar-refractivity contribution is 5.94. The summed E-state index contributed by atoms with van der Waals surface area (Å²) in [6.07, 6.45) is -4.99. The van der Waals surface area contributed by atoms with Crippen LogP contribution in [-0.4, -0.2) is 28.7 Å². The Morgan fingerprint density at radius 1 is 1.30 bits per heavy atom. The Kier molecular flexibility index (Phi) is 3.97. The van der Waals surface area contributed by atoms with Crippen LogP contribution in [0.4, 0.5) is 18.9 Å². The van der Waals surface area contributed by atoms with Crippen LogP contribution in [0.5, 0.6) is 0 Å². The number of primary amides is 1. The van der Waals surface area contributed by atoms with E-state index in [1.54, 1.807) is 0 Å². The van der Waals surface area contributed by atoms with E-state index in [-0.39, 0.29) is 11.3 Å². The molecule has 0 saturated heterocycles. The molecule has 1 atom stereocenters. The standard InChI is InChI=1S/C12H13F3N2O3/c1-6-5-7(3-4-8(6)9(16)18)17-11(2,10(19)20)12(13,14)15/h3-5,17H,1-2H3,(H2,16,18)(H,19,20). The van der Waals surface area contributed by atoms with Crippen molar-refractivity contribution in [3.8, 4) is 0 Å². The summed E-state index contributed by atoms with van der Waals surface area (Å²) in [5.41, 5.74) is 2.37. The predicted molar refractivity (Wildman–Crippen MR) is 65.4 cm³/mol. The molecule has 110 valence electrons. The van der Waals surface area contributed by atoms with E-state index in [0.29, 0.717) is 12.5 Å². The van der Waals surface area contributed by atoms with E-state index in [9.17, 15) is 22.8 Å². The van der Waals surface area contributed by atoms with Gasteiger partial charge < -0.3 is 16.2 Å². The van der Waals surface area contributed by atoms with Gasteiger partial charge in [-0.1, -0.05) is 0 Å². The minimum absolute atomic E-state index is 0.0743. The van der Waals surface area contributed by atoms with Gasteiger partial charge in [0.15, 0.2) is 0 Å². The lowest BCUT2D eigenvalue weighted by Gasteiger charge is -2.29. The Bertz CT molecular complexity index is 557. The van der Waals surface area contributed by atoms with Crippen molar-refractivity contribution in [3.63, 3.8) is 0 Å². The molecule has 1 aromatic rings. The molecule has 1 unspecified atom stereocenters. The Hall–Kier alpha value is -2.25. The van der Waals surface area contributed by atoms with Crippen LogP contribution in [0.3, 0.4) is 0 Å². The Balaban J connectivity index is 3.18. The molecule has 8 heteroatoms. The fourth-order valence-corrected chi connectivity index (χ4v) is 1.55. The lowest BCUT2D eigenvalue weighted by molar-refractivity contribution is -0.192. The Morgan fingerprint density at radius 3 is 2.20 bits per heavy atom. The minimum Gasteiger partial charge on any atom is -0.479 e. The zero-order chi connectivity index (χ0) is 15.7. The molecule has 0 aliphatic heterocycles. The highest BCUT2D eigenvalue weighted by Crippen LogP contribution is 2.34. The highest BCUT2D eigenvalue weighted by atomic mass is 19.4. The number of anilines is 1. The van der Waals surface area contributed by atoms with E-state index in [0.717, 1.165) is 0 Å². The minimum atomic E-state index is -4.99. The molecule has 1 aromatic carbocycles. The van der Waals surface area contributed by atoms with Crippen molar-refractivity contribution >= 4 is 17.6 Å². The largest absolute Gasteiger partial charge is 0.479 e. The normalized spacial score (nSPS) is 14.4. The maximum atomic E-state index is 12.8. The molecular formula is C12H13F3N2O3. The predicted octanol–water partition coefficient (Wildman–Crippen LogP) is 1.91. The number of nitrogens with one attached hydrogen (secondary N) is 1. The molecule has 0 saturated carbocycles. The number of carbonyl (C=O) groups excluding carboxylic acids is 1. The number of hydrogen-bond acceptors (Lipinski definition) is 3. The van der Waals surface area contributed by atoms with Gasteiger partial charge in [0.05, 0.1) is 0 Å². The number of aliphatic carboxylic acids is 1. The fourth-order valence-electron chi connectivity index (χ4n) is 1.55. The maximum absolute atomic E-state index is 12.8. The van der Waals surface area contributed by atoms with Gasteiger partial charge in [0.1, 0.15) is 0 Å². The average Bonchev–Trinajstić information content (AvgIpc) is 2.26.